The van der Waals surface area contributed by atoms with Crippen molar-refractivity contribution in [1.82, 2.24) is 4.90 Å². The number of carbonyl (C=O) groups excluding carboxylic acids is 2. The van der Waals surface area contributed by atoms with Crippen molar-refractivity contribution in [2.75, 3.05) is 31.1 Å². The first-order valence-electron chi connectivity index (χ1n) is 9.96. The van der Waals surface area contributed by atoms with E-state index in [1.165, 1.54) is 18.5 Å². The average Bonchev–Trinajstić information content (AvgIpc) is 3.28. The Morgan fingerprint density at radius 1 is 0.778 bits per heavy atom. The third-order valence-corrected chi connectivity index (χ3v) is 5.72. The minimum absolute atomic E-state index is 0.0357. The van der Waals surface area contributed by atoms with Gasteiger partial charge in [0.2, 0.25) is 0 Å². The van der Waals surface area contributed by atoms with Crippen LogP contribution in [0, 0.1) is 5.92 Å². The van der Waals surface area contributed by atoms with E-state index in [0.717, 1.165) is 38.0 Å². The predicted molar refractivity (Wildman–Crippen MR) is 107 cm³/mol. The zero-order chi connectivity index (χ0) is 18.6. The first kappa shape index (κ1) is 17.8. The molecule has 2 fully saturated rings. The van der Waals surface area contributed by atoms with E-state index in [1.807, 2.05) is 47.4 Å². The molecule has 0 radical (unpaired) electrons. The van der Waals surface area contributed by atoms with E-state index in [-0.39, 0.29) is 17.6 Å². The molecule has 27 heavy (non-hydrogen) atoms. The van der Waals surface area contributed by atoms with Crippen molar-refractivity contribution in [3.8, 4) is 0 Å². The van der Waals surface area contributed by atoms with Gasteiger partial charge in [0.05, 0.1) is 0 Å². The lowest BCUT2D eigenvalue weighted by Gasteiger charge is -2.32. The van der Waals surface area contributed by atoms with E-state index in [0.29, 0.717) is 12.1 Å². The van der Waals surface area contributed by atoms with Gasteiger partial charge < -0.3 is 9.80 Å². The van der Waals surface area contributed by atoms with Crippen molar-refractivity contribution >= 4 is 17.4 Å². The summed E-state index contributed by atoms with van der Waals surface area (Å²) in [7, 11) is 0. The Kier molecular flexibility index (Phi) is 5.23. The minimum atomic E-state index is -0.103. The number of amides is 1. The molecule has 0 aromatic heterocycles. The number of ketones is 1. The normalized spacial score (nSPS) is 19.9. The molecule has 4 heteroatoms. The Morgan fingerprint density at radius 3 is 2.19 bits per heavy atom. The highest BCUT2D eigenvalue weighted by Crippen LogP contribution is 2.24. The summed E-state index contributed by atoms with van der Waals surface area (Å²) in [5.74, 6) is 0.0833. The van der Waals surface area contributed by atoms with Crippen LogP contribution < -0.4 is 4.90 Å². The molecule has 4 nitrogen and oxygen atoms in total. The fourth-order valence-electron chi connectivity index (χ4n) is 4.19. The van der Waals surface area contributed by atoms with Gasteiger partial charge in [0, 0.05) is 48.9 Å². The monoisotopic (exact) mass is 362 g/mol. The Balaban J connectivity index is 1.43. The summed E-state index contributed by atoms with van der Waals surface area (Å²) in [5, 5.41) is 0. The molecule has 1 amide bonds. The standard InChI is InChI=1S/C23H26N2O2/c26-22(18-7-2-1-3-8-18)20-9-6-16-25(17-20)23(27)19-10-12-21(13-11-19)24-14-4-5-15-24/h1-3,7-8,10-13,20H,4-6,9,14-17H2/t20-/m0/s1. The van der Waals surface area contributed by atoms with E-state index >= 15 is 0 Å². The summed E-state index contributed by atoms with van der Waals surface area (Å²) in [6, 6.07) is 17.4. The highest BCUT2D eigenvalue weighted by atomic mass is 16.2. The molecule has 2 aromatic rings. The molecule has 0 unspecified atom stereocenters. The molecular weight excluding hydrogens is 336 g/mol. The fraction of sp³-hybridized carbons (Fsp3) is 0.391. The number of hydrogen-bond donors (Lipinski definition) is 0. The molecule has 1 atom stereocenters. The lowest BCUT2D eigenvalue weighted by molar-refractivity contribution is 0.0637. The number of carbonyl (C=O) groups is 2. The SMILES string of the molecule is O=C(c1ccccc1)[C@H]1CCCN(C(=O)c2ccc(N3CCCC3)cc2)C1. The number of rotatable bonds is 4. The molecule has 2 heterocycles. The number of nitrogens with zero attached hydrogens (tertiary/aromatic N) is 2. The van der Waals surface area contributed by atoms with Crippen molar-refractivity contribution in [3.05, 3.63) is 65.7 Å². The molecule has 2 aromatic carbocycles. The molecule has 2 aliphatic heterocycles. The maximum absolute atomic E-state index is 12.9. The van der Waals surface area contributed by atoms with Gasteiger partial charge in [0.15, 0.2) is 5.78 Å². The molecule has 140 valence electrons. The number of Topliss-reactive ketones (excluding diaryl/α,β-unsaturated/α-hetero) is 1. The van der Waals surface area contributed by atoms with Gasteiger partial charge in [0.1, 0.15) is 0 Å². The van der Waals surface area contributed by atoms with Crippen molar-refractivity contribution in [3.63, 3.8) is 0 Å². The number of anilines is 1. The van der Waals surface area contributed by atoms with Crippen molar-refractivity contribution < 1.29 is 9.59 Å². The summed E-state index contributed by atoms with van der Waals surface area (Å²) < 4.78 is 0. The second-order valence-corrected chi connectivity index (χ2v) is 7.56. The maximum Gasteiger partial charge on any atom is 0.253 e. The lowest BCUT2D eigenvalue weighted by atomic mass is 9.89. The van der Waals surface area contributed by atoms with Gasteiger partial charge in [-0.15, -0.1) is 0 Å². The molecular formula is C23H26N2O2. The predicted octanol–water partition coefficient (Wildman–Crippen LogP) is 4.02. The zero-order valence-electron chi connectivity index (χ0n) is 15.6. The number of likely N-dealkylation sites (tertiary alicyclic amines) is 1. The van der Waals surface area contributed by atoms with Gasteiger partial charge in [-0.1, -0.05) is 30.3 Å². The number of benzene rings is 2. The van der Waals surface area contributed by atoms with Crippen LogP contribution in [0.3, 0.4) is 0 Å². The summed E-state index contributed by atoms with van der Waals surface area (Å²) in [6.45, 7) is 3.44. The molecule has 0 aliphatic carbocycles. The average molecular weight is 362 g/mol. The summed E-state index contributed by atoms with van der Waals surface area (Å²) in [4.78, 5) is 29.9. The third kappa shape index (κ3) is 3.90. The van der Waals surface area contributed by atoms with Gasteiger partial charge in [-0.3, -0.25) is 9.59 Å². The first-order chi connectivity index (χ1) is 13.2. The molecule has 2 aliphatic rings. The fourth-order valence-corrected chi connectivity index (χ4v) is 4.19. The second kappa shape index (κ2) is 7.95. The van der Waals surface area contributed by atoms with Crippen molar-refractivity contribution in [2.24, 2.45) is 5.92 Å². The van der Waals surface area contributed by atoms with E-state index < -0.39 is 0 Å². The van der Waals surface area contributed by atoms with Crippen molar-refractivity contribution in [1.29, 1.82) is 0 Å². The Bertz CT molecular complexity index is 795. The van der Waals surface area contributed by atoms with E-state index in [1.54, 1.807) is 0 Å². The molecule has 0 spiro atoms. The Hall–Kier alpha value is -2.62. The van der Waals surface area contributed by atoms with Crippen LogP contribution in [0.5, 0.6) is 0 Å². The number of piperidine rings is 1. The maximum atomic E-state index is 12.9. The minimum Gasteiger partial charge on any atom is -0.372 e. The van der Waals surface area contributed by atoms with Crippen LogP contribution in [0.2, 0.25) is 0 Å². The summed E-state index contributed by atoms with van der Waals surface area (Å²) in [6.07, 6.45) is 4.21. The first-order valence-corrected chi connectivity index (χ1v) is 9.96. The van der Waals surface area contributed by atoms with Crippen LogP contribution in [-0.2, 0) is 0 Å². The highest BCUT2D eigenvalue weighted by molar-refractivity contribution is 5.99. The molecule has 4 rings (SSSR count). The van der Waals surface area contributed by atoms with Crippen LogP contribution in [0.25, 0.3) is 0 Å². The molecule has 0 bridgehead atoms. The lowest BCUT2D eigenvalue weighted by Crippen LogP contribution is -2.42. The van der Waals surface area contributed by atoms with Crippen molar-refractivity contribution in [2.45, 2.75) is 25.7 Å². The second-order valence-electron chi connectivity index (χ2n) is 7.56. The van der Waals surface area contributed by atoms with E-state index in [9.17, 15) is 9.59 Å². The van der Waals surface area contributed by atoms with Gasteiger partial charge in [-0.25, -0.2) is 0 Å². The van der Waals surface area contributed by atoms with Crippen LogP contribution in [0.15, 0.2) is 54.6 Å². The van der Waals surface area contributed by atoms with Crippen LogP contribution in [-0.4, -0.2) is 42.8 Å². The molecule has 0 N–H and O–H groups in total. The van der Waals surface area contributed by atoms with Crippen LogP contribution >= 0.6 is 0 Å². The van der Waals surface area contributed by atoms with E-state index in [4.69, 9.17) is 0 Å². The largest absolute Gasteiger partial charge is 0.372 e. The Morgan fingerprint density at radius 2 is 1.48 bits per heavy atom. The summed E-state index contributed by atoms with van der Waals surface area (Å²) >= 11 is 0. The quantitative estimate of drug-likeness (QED) is 0.771. The van der Waals surface area contributed by atoms with Gasteiger partial charge in [-0.2, -0.15) is 0 Å². The highest BCUT2D eigenvalue weighted by Gasteiger charge is 2.29. The molecule has 2 saturated heterocycles. The smallest absolute Gasteiger partial charge is 0.253 e. The zero-order valence-corrected chi connectivity index (χ0v) is 15.6. The third-order valence-electron chi connectivity index (χ3n) is 5.72. The van der Waals surface area contributed by atoms with Gasteiger partial charge >= 0.3 is 0 Å². The Labute approximate surface area is 160 Å². The van der Waals surface area contributed by atoms with Crippen LogP contribution in [0.1, 0.15) is 46.4 Å². The summed E-state index contributed by atoms with van der Waals surface area (Å²) in [5.41, 5.74) is 2.65. The molecule has 0 saturated carbocycles. The topological polar surface area (TPSA) is 40.6 Å². The van der Waals surface area contributed by atoms with Gasteiger partial charge in [-0.05, 0) is 49.9 Å². The van der Waals surface area contributed by atoms with E-state index in [2.05, 4.69) is 17.0 Å². The number of hydrogen-bond acceptors (Lipinski definition) is 3. The van der Waals surface area contributed by atoms with Gasteiger partial charge in [0.25, 0.3) is 5.91 Å². The van der Waals surface area contributed by atoms with Crippen LogP contribution in [0.4, 0.5) is 5.69 Å².